The molecule has 1 saturated heterocycles. The van der Waals surface area contributed by atoms with Gasteiger partial charge in [0.05, 0.1) is 10.6 Å². The Labute approximate surface area is 142 Å². The molecule has 3 rings (SSSR count). The molecular weight excluding hydrogens is 306 g/mol. The van der Waals surface area contributed by atoms with E-state index in [1.54, 1.807) is 11.3 Å². The summed E-state index contributed by atoms with van der Waals surface area (Å²) in [5.74, 6) is 1.27. The second-order valence-corrected chi connectivity index (χ2v) is 8.47. The Balaban J connectivity index is 1.92. The lowest BCUT2D eigenvalue weighted by molar-refractivity contribution is 0.0706. The Bertz CT molecular complexity index is 713. The number of nitrogens with zero attached hydrogens (tertiary/aromatic N) is 3. The van der Waals surface area contributed by atoms with Gasteiger partial charge in [-0.2, -0.15) is 5.10 Å². The van der Waals surface area contributed by atoms with Crippen LogP contribution in [-0.4, -0.2) is 33.2 Å². The molecule has 4 nitrogen and oxygen atoms in total. The van der Waals surface area contributed by atoms with Gasteiger partial charge in [-0.15, -0.1) is 11.3 Å². The Morgan fingerprint density at radius 2 is 2.13 bits per heavy atom. The van der Waals surface area contributed by atoms with Crippen molar-refractivity contribution in [2.45, 2.75) is 60.0 Å². The fraction of sp³-hybridized carbons (Fsp3) is 0.667. The summed E-state index contributed by atoms with van der Waals surface area (Å²) in [4.78, 5) is 17.1. The van der Waals surface area contributed by atoms with Crippen LogP contribution in [0.1, 0.15) is 55.9 Å². The molecule has 0 N–H and O–H groups in total. The Morgan fingerprint density at radius 1 is 1.39 bits per heavy atom. The van der Waals surface area contributed by atoms with E-state index in [1.165, 1.54) is 0 Å². The maximum Gasteiger partial charge on any atom is 0.264 e. The number of carbonyl (C=O) groups excluding carboxylic acids is 1. The lowest BCUT2D eigenvalue weighted by Gasteiger charge is -2.27. The number of thiophene rings is 1. The van der Waals surface area contributed by atoms with Gasteiger partial charge < -0.3 is 4.90 Å². The van der Waals surface area contributed by atoms with E-state index in [-0.39, 0.29) is 5.91 Å². The van der Waals surface area contributed by atoms with Crippen molar-refractivity contribution in [2.75, 3.05) is 6.54 Å². The summed E-state index contributed by atoms with van der Waals surface area (Å²) in [6.45, 7) is 12.6. The minimum Gasteiger partial charge on any atom is -0.335 e. The molecule has 2 aromatic heterocycles. The van der Waals surface area contributed by atoms with E-state index in [0.29, 0.717) is 17.9 Å². The van der Waals surface area contributed by atoms with Crippen molar-refractivity contribution in [1.82, 2.24) is 14.7 Å². The summed E-state index contributed by atoms with van der Waals surface area (Å²) < 4.78 is 2.07. The number of amides is 1. The number of aromatic nitrogens is 2. The van der Waals surface area contributed by atoms with E-state index < -0.39 is 0 Å². The Kier molecular flexibility index (Phi) is 4.50. The maximum atomic E-state index is 13.0. The minimum absolute atomic E-state index is 0.206. The molecule has 0 saturated carbocycles. The van der Waals surface area contributed by atoms with Gasteiger partial charge >= 0.3 is 0 Å². The molecule has 0 bridgehead atoms. The highest BCUT2D eigenvalue weighted by Gasteiger charge is 2.32. The van der Waals surface area contributed by atoms with Gasteiger partial charge in [0.2, 0.25) is 0 Å². The molecular formula is C18H27N3OS. The fourth-order valence-electron chi connectivity index (χ4n) is 3.57. The molecule has 23 heavy (non-hydrogen) atoms. The molecule has 1 atom stereocenters. The van der Waals surface area contributed by atoms with Crippen molar-refractivity contribution in [1.29, 1.82) is 0 Å². The van der Waals surface area contributed by atoms with Crippen LogP contribution >= 0.6 is 11.3 Å². The second kappa shape index (κ2) is 6.27. The summed E-state index contributed by atoms with van der Waals surface area (Å²) >= 11 is 1.60. The van der Waals surface area contributed by atoms with Crippen molar-refractivity contribution in [3.05, 3.63) is 16.6 Å². The fourth-order valence-corrected chi connectivity index (χ4v) is 4.69. The van der Waals surface area contributed by atoms with Crippen LogP contribution in [0.2, 0.25) is 0 Å². The van der Waals surface area contributed by atoms with Crippen LogP contribution in [0.25, 0.3) is 10.2 Å². The number of hydrogen-bond donors (Lipinski definition) is 0. The van der Waals surface area contributed by atoms with Gasteiger partial charge in [0.1, 0.15) is 4.83 Å². The third-order valence-electron chi connectivity index (χ3n) is 4.69. The zero-order valence-corrected chi connectivity index (χ0v) is 15.6. The molecule has 0 spiro atoms. The highest BCUT2D eigenvalue weighted by atomic mass is 32.1. The summed E-state index contributed by atoms with van der Waals surface area (Å²) in [6.07, 6.45) is 2.26. The third-order valence-corrected chi connectivity index (χ3v) is 5.82. The Morgan fingerprint density at radius 3 is 2.78 bits per heavy atom. The lowest BCUT2D eigenvalue weighted by Crippen LogP contribution is -2.38. The normalized spacial score (nSPS) is 18.7. The molecule has 3 heterocycles. The molecule has 0 aromatic carbocycles. The summed E-state index contributed by atoms with van der Waals surface area (Å²) in [5.41, 5.74) is 1.03. The predicted octanol–water partition coefficient (Wildman–Crippen LogP) is 4.32. The number of likely N-dealkylation sites (tertiary alicyclic amines) is 1. The standard InChI is InChI=1S/C18H27N3OS/c1-11(2)10-21-18-14(13(5)19-21)9-16(23-18)17(22)20-8-6-7-15(20)12(3)4/h9,11-12,15H,6-8,10H2,1-5H3/t15-/m1/s1. The molecule has 1 amide bonds. The van der Waals surface area contributed by atoms with Crippen molar-refractivity contribution in [3.63, 3.8) is 0 Å². The lowest BCUT2D eigenvalue weighted by atomic mass is 10.0. The van der Waals surface area contributed by atoms with Crippen LogP contribution in [0.15, 0.2) is 6.07 Å². The summed E-state index contributed by atoms with van der Waals surface area (Å²) in [5, 5.41) is 5.77. The van der Waals surface area contributed by atoms with Gasteiger partial charge in [0, 0.05) is 24.5 Å². The maximum absolute atomic E-state index is 13.0. The zero-order valence-electron chi connectivity index (χ0n) is 14.8. The molecule has 126 valence electrons. The third kappa shape index (κ3) is 3.03. The Hall–Kier alpha value is -1.36. The van der Waals surface area contributed by atoms with Gasteiger partial charge in [0.15, 0.2) is 0 Å². The molecule has 0 aliphatic carbocycles. The van der Waals surface area contributed by atoms with Crippen LogP contribution in [0.4, 0.5) is 0 Å². The number of hydrogen-bond acceptors (Lipinski definition) is 3. The van der Waals surface area contributed by atoms with Gasteiger partial charge in [-0.3, -0.25) is 9.48 Å². The molecule has 0 radical (unpaired) electrons. The molecule has 1 fully saturated rings. The van der Waals surface area contributed by atoms with E-state index in [2.05, 4.69) is 48.4 Å². The first kappa shape index (κ1) is 16.5. The molecule has 2 aromatic rings. The quantitative estimate of drug-likeness (QED) is 0.835. The van der Waals surface area contributed by atoms with Gasteiger partial charge in [-0.05, 0) is 37.7 Å². The number of carbonyl (C=O) groups is 1. The monoisotopic (exact) mass is 333 g/mol. The van der Waals surface area contributed by atoms with Crippen LogP contribution in [-0.2, 0) is 6.54 Å². The molecule has 1 aliphatic rings. The average molecular weight is 334 g/mol. The predicted molar refractivity (Wildman–Crippen MR) is 96.1 cm³/mol. The molecule has 0 unspecified atom stereocenters. The minimum atomic E-state index is 0.206. The van der Waals surface area contributed by atoms with E-state index in [9.17, 15) is 4.79 Å². The van der Waals surface area contributed by atoms with E-state index in [0.717, 1.165) is 46.7 Å². The van der Waals surface area contributed by atoms with Gasteiger partial charge in [-0.25, -0.2) is 0 Å². The topological polar surface area (TPSA) is 38.1 Å². The van der Waals surface area contributed by atoms with Crippen molar-refractivity contribution in [2.24, 2.45) is 11.8 Å². The summed E-state index contributed by atoms with van der Waals surface area (Å²) in [7, 11) is 0. The van der Waals surface area contributed by atoms with E-state index in [1.807, 2.05) is 6.92 Å². The van der Waals surface area contributed by atoms with Crippen LogP contribution in [0.5, 0.6) is 0 Å². The van der Waals surface area contributed by atoms with E-state index in [4.69, 9.17) is 0 Å². The smallest absolute Gasteiger partial charge is 0.264 e. The largest absolute Gasteiger partial charge is 0.335 e. The van der Waals surface area contributed by atoms with Crippen molar-refractivity contribution >= 4 is 27.5 Å². The first-order valence-electron chi connectivity index (χ1n) is 8.66. The van der Waals surface area contributed by atoms with Crippen molar-refractivity contribution in [3.8, 4) is 0 Å². The first-order valence-corrected chi connectivity index (χ1v) is 9.48. The second-order valence-electron chi connectivity index (χ2n) is 7.44. The van der Waals surface area contributed by atoms with Crippen molar-refractivity contribution < 1.29 is 4.79 Å². The molecule has 1 aliphatic heterocycles. The summed E-state index contributed by atoms with van der Waals surface area (Å²) in [6, 6.07) is 2.44. The van der Waals surface area contributed by atoms with Crippen LogP contribution < -0.4 is 0 Å². The zero-order chi connectivity index (χ0) is 16.7. The van der Waals surface area contributed by atoms with Gasteiger partial charge in [0.25, 0.3) is 5.91 Å². The van der Waals surface area contributed by atoms with Crippen LogP contribution in [0.3, 0.4) is 0 Å². The highest BCUT2D eigenvalue weighted by molar-refractivity contribution is 7.20. The van der Waals surface area contributed by atoms with Gasteiger partial charge in [-0.1, -0.05) is 27.7 Å². The molecule has 5 heteroatoms. The number of rotatable bonds is 4. The van der Waals surface area contributed by atoms with Crippen LogP contribution in [0, 0.1) is 18.8 Å². The number of fused-ring (bicyclic) bond motifs is 1. The van der Waals surface area contributed by atoms with E-state index >= 15 is 0 Å². The average Bonchev–Trinajstić information content (AvgIpc) is 3.16. The highest BCUT2D eigenvalue weighted by Crippen LogP contribution is 2.32. The SMILES string of the molecule is Cc1nn(CC(C)C)c2sc(C(=O)N3CCC[C@@H]3C(C)C)cc12. The number of aryl methyl sites for hydroxylation is 1. The first-order chi connectivity index (χ1) is 10.9.